The number of allylic oxidation sites excluding steroid dienone is 4. The highest BCUT2D eigenvalue weighted by Crippen LogP contribution is 2.30. The van der Waals surface area contributed by atoms with Crippen molar-refractivity contribution >= 4 is 6.29 Å². The van der Waals surface area contributed by atoms with Gasteiger partial charge in [-0.05, 0) is 36.2 Å². The third kappa shape index (κ3) is 4.14. The summed E-state index contributed by atoms with van der Waals surface area (Å²) >= 11 is 0. The lowest BCUT2D eigenvalue weighted by atomic mass is 9.81. The molecule has 0 aliphatic heterocycles. The molecule has 4 unspecified atom stereocenters. The van der Waals surface area contributed by atoms with Gasteiger partial charge in [-0.15, -0.1) is 0 Å². The normalized spacial score (nSPS) is 24.9. The van der Waals surface area contributed by atoms with E-state index < -0.39 is 0 Å². The largest absolute Gasteiger partial charge is 0.303 e. The summed E-state index contributed by atoms with van der Waals surface area (Å²) in [6.07, 6.45) is 11.3. The van der Waals surface area contributed by atoms with Crippen LogP contribution in [0.3, 0.4) is 0 Å². The fraction of sp³-hybridized carbons (Fsp3) is 0.688. The van der Waals surface area contributed by atoms with Gasteiger partial charge >= 0.3 is 0 Å². The smallest absolute Gasteiger partial charge is 0.122 e. The van der Waals surface area contributed by atoms with Gasteiger partial charge in [-0.1, -0.05) is 52.3 Å². The van der Waals surface area contributed by atoms with Crippen molar-refractivity contribution in [3.63, 3.8) is 0 Å². The van der Waals surface area contributed by atoms with Crippen molar-refractivity contribution in [1.29, 1.82) is 0 Å². The average Bonchev–Trinajstić information content (AvgIpc) is 2.37. The van der Waals surface area contributed by atoms with Gasteiger partial charge in [-0.2, -0.15) is 0 Å². The Kier molecular flexibility index (Phi) is 5.67. The number of rotatable bonds is 6. The lowest BCUT2D eigenvalue weighted by molar-refractivity contribution is -0.111. The molecule has 0 aromatic heterocycles. The van der Waals surface area contributed by atoms with E-state index in [-0.39, 0.29) is 5.92 Å². The molecule has 1 aliphatic rings. The molecular weight excluding hydrogens is 208 g/mol. The summed E-state index contributed by atoms with van der Waals surface area (Å²) < 4.78 is 0. The van der Waals surface area contributed by atoms with Crippen LogP contribution in [0.5, 0.6) is 0 Å². The second-order valence-corrected chi connectivity index (χ2v) is 5.58. The zero-order chi connectivity index (χ0) is 12.8. The highest BCUT2D eigenvalue weighted by molar-refractivity contribution is 5.52. The Morgan fingerprint density at radius 2 is 2.12 bits per heavy atom. The van der Waals surface area contributed by atoms with E-state index in [0.717, 1.165) is 25.0 Å². The molecule has 1 heteroatoms. The van der Waals surface area contributed by atoms with Crippen LogP contribution in [-0.2, 0) is 4.79 Å². The van der Waals surface area contributed by atoms with Gasteiger partial charge in [0.2, 0.25) is 0 Å². The van der Waals surface area contributed by atoms with Gasteiger partial charge < -0.3 is 4.79 Å². The first kappa shape index (κ1) is 14.2. The van der Waals surface area contributed by atoms with E-state index in [0.29, 0.717) is 11.8 Å². The Bertz CT molecular complexity index is 301. The molecule has 1 nitrogen and oxygen atoms in total. The Hall–Kier alpha value is -0.850. The summed E-state index contributed by atoms with van der Waals surface area (Å²) in [5.41, 5.74) is 1.48. The molecule has 17 heavy (non-hydrogen) atoms. The molecule has 0 saturated heterocycles. The Morgan fingerprint density at radius 1 is 1.41 bits per heavy atom. The van der Waals surface area contributed by atoms with Crippen molar-refractivity contribution in [3.8, 4) is 0 Å². The molecule has 0 aromatic rings. The minimum absolute atomic E-state index is 0.187. The van der Waals surface area contributed by atoms with Crippen LogP contribution >= 0.6 is 0 Å². The molecule has 0 heterocycles. The number of carbonyl (C=O) groups excluding carboxylic acids is 1. The number of hydrogen-bond donors (Lipinski definition) is 0. The summed E-state index contributed by atoms with van der Waals surface area (Å²) in [4.78, 5) is 10.6. The van der Waals surface area contributed by atoms with Gasteiger partial charge in [-0.25, -0.2) is 0 Å². The molecule has 0 N–H and O–H groups in total. The van der Waals surface area contributed by atoms with Crippen LogP contribution in [0.15, 0.2) is 23.8 Å². The highest BCUT2D eigenvalue weighted by atomic mass is 16.1. The predicted octanol–water partition coefficient (Wildman–Crippen LogP) is 4.40. The van der Waals surface area contributed by atoms with Gasteiger partial charge in [0.1, 0.15) is 6.29 Å². The first-order valence-electron chi connectivity index (χ1n) is 6.92. The van der Waals surface area contributed by atoms with E-state index in [2.05, 4.69) is 39.0 Å². The molecule has 1 rings (SSSR count). The van der Waals surface area contributed by atoms with Crippen LogP contribution in [0.2, 0.25) is 0 Å². The molecule has 0 radical (unpaired) electrons. The van der Waals surface area contributed by atoms with Crippen molar-refractivity contribution in [2.75, 3.05) is 0 Å². The minimum atomic E-state index is 0.187. The van der Waals surface area contributed by atoms with Crippen LogP contribution in [-0.4, -0.2) is 6.29 Å². The fourth-order valence-corrected chi connectivity index (χ4v) is 2.41. The average molecular weight is 234 g/mol. The lowest BCUT2D eigenvalue weighted by Gasteiger charge is -2.24. The molecule has 0 fully saturated rings. The van der Waals surface area contributed by atoms with E-state index in [1.54, 1.807) is 0 Å². The third-order valence-electron chi connectivity index (χ3n) is 4.15. The van der Waals surface area contributed by atoms with E-state index >= 15 is 0 Å². The van der Waals surface area contributed by atoms with Gasteiger partial charge in [0.25, 0.3) is 0 Å². The van der Waals surface area contributed by atoms with Gasteiger partial charge in [0.05, 0.1) is 0 Å². The Labute approximate surface area is 106 Å². The molecule has 1 aliphatic carbocycles. The summed E-state index contributed by atoms with van der Waals surface area (Å²) in [5, 5.41) is 0. The van der Waals surface area contributed by atoms with Crippen LogP contribution in [0.4, 0.5) is 0 Å². The van der Waals surface area contributed by atoms with Crippen molar-refractivity contribution in [2.45, 2.75) is 47.0 Å². The van der Waals surface area contributed by atoms with E-state index in [1.807, 2.05) is 6.92 Å². The molecular formula is C16H26O. The van der Waals surface area contributed by atoms with Crippen molar-refractivity contribution < 1.29 is 4.79 Å². The molecule has 0 bridgehead atoms. The molecule has 0 amide bonds. The van der Waals surface area contributed by atoms with Crippen molar-refractivity contribution in [2.24, 2.45) is 23.7 Å². The highest BCUT2D eigenvalue weighted by Gasteiger charge is 2.17. The van der Waals surface area contributed by atoms with E-state index in [9.17, 15) is 4.79 Å². The SMILES string of the molecule is CCC(C)C(C)C1=CCC(CC(C)C=O)C=C1. The summed E-state index contributed by atoms with van der Waals surface area (Å²) in [6, 6.07) is 0. The zero-order valence-corrected chi connectivity index (χ0v) is 11.6. The molecule has 0 spiro atoms. The topological polar surface area (TPSA) is 17.1 Å². The van der Waals surface area contributed by atoms with Crippen LogP contribution in [0.1, 0.15) is 47.0 Å². The first-order chi connectivity index (χ1) is 8.08. The summed E-state index contributed by atoms with van der Waals surface area (Å²) in [7, 11) is 0. The Morgan fingerprint density at radius 3 is 2.59 bits per heavy atom. The monoisotopic (exact) mass is 234 g/mol. The second kappa shape index (κ2) is 6.78. The molecule has 0 saturated carbocycles. The summed E-state index contributed by atoms with van der Waals surface area (Å²) in [5.74, 6) is 2.15. The summed E-state index contributed by atoms with van der Waals surface area (Å²) in [6.45, 7) is 8.89. The zero-order valence-electron chi connectivity index (χ0n) is 11.6. The third-order valence-corrected chi connectivity index (χ3v) is 4.15. The Balaban J connectivity index is 2.50. The van der Waals surface area contributed by atoms with E-state index in [4.69, 9.17) is 0 Å². The van der Waals surface area contributed by atoms with Gasteiger partial charge in [0, 0.05) is 5.92 Å². The van der Waals surface area contributed by atoms with Crippen LogP contribution in [0, 0.1) is 23.7 Å². The van der Waals surface area contributed by atoms with Gasteiger partial charge in [-0.3, -0.25) is 0 Å². The standard InChI is InChI=1S/C16H26O/c1-5-13(3)14(4)16-8-6-15(7-9-16)10-12(2)11-17/h6,8-9,11-15H,5,7,10H2,1-4H3. The molecule has 96 valence electrons. The second-order valence-electron chi connectivity index (χ2n) is 5.58. The van der Waals surface area contributed by atoms with Crippen molar-refractivity contribution in [1.82, 2.24) is 0 Å². The quantitative estimate of drug-likeness (QED) is 0.623. The van der Waals surface area contributed by atoms with Crippen LogP contribution < -0.4 is 0 Å². The number of hydrogen-bond acceptors (Lipinski definition) is 1. The van der Waals surface area contributed by atoms with Crippen molar-refractivity contribution in [3.05, 3.63) is 23.8 Å². The maximum absolute atomic E-state index is 10.6. The fourth-order valence-electron chi connectivity index (χ4n) is 2.41. The lowest BCUT2D eigenvalue weighted by Crippen LogP contribution is -2.13. The predicted molar refractivity (Wildman–Crippen MR) is 73.8 cm³/mol. The first-order valence-corrected chi connectivity index (χ1v) is 6.92. The number of carbonyl (C=O) groups is 1. The minimum Gasteiger partial charge on any atom is -0.303 e. The van der Waals surface area contributed by atoms with E-state index in [1.165, 1.54) is 12.0 Å². The molecule has 0 aromatic carbocycles. The maximum Gasteiger partial charge on any atom is 0.122 e. The van der Waals surface area contributed by atoms with Crippen LogP contribution in [0.25, 0.3) is 0 Å². The van der Waals surface area contributed by atoms with Gasteiger partial charge in [0.15, 0.2) is 0 Å². The maximum atomic E-state index is 10.6. The number of aldehydes is 1. The molecule has 4 atom stereocenters.